The van der Waals surface area contributed by atoms with Gasteiger partial charge in [0.15, 0.2) is 5.78 Å². The van der Waals surface area contributed by atoms with E-state index < -0.39 is 10.0 Å². The minimum absolute atomic E-state index is 0.0438. The third kappa shape index (κ3) is 4.35. The molecular weight excluding hydrogens is 334 g/mol. The van der Waals surface area contributed by atoms with Gasteiger partial charge < -0.3 is 0 Å². The van der Waals surface area contributed by atoms with Crippen LogP contribution in [0, 0.1) is 5.92 Å². The average molecular weight is 357 g/mol. The molecular formula is C20H23NO3S. The zero-order chi connectivity index (χ0) is 17.9. The van der Waals surface area contributed by atoms with Crippen molar-refractivity contribution in [1.29, 1.82) is 0 Å². The van der Waals surface area contributed by atoms with Crippen molar-refractivity contribution in [2.24, 2.45) is 5.92 Å². The molecule has 1 fully saturated rings. The van der Waals surface area contributed by atoms with Gasteiger partial charge in [-0.15, -0.1) is 0 Å². The van der Waals surface area contributed by atoms with E-state index in [1.165, 1.54) is 0 Å². The van der Waals surface area contributed by atoms with Crippen molar-refractivity contribution in [2.45, 2.75) is 43.5 Å². The molecule has 3 rings (SSSR count). The van der Waals surface area contributed by atoms with Crippen molar-refractivity contribution in [1.82, 2.24) is 4.72 Å². The number of hydrogen-bond acceptors (Lipinski definition) is 3. The van der Waals surface area contributed by atoms with Crippen LogP contribution in [0.2, 0.25) is 0 Å². The second-order valence-electron chi connectivity index (χ2n) is 6.69. The van der Waals surface area contributed by atoms with Gasteiger partial charge >= 0.3 is 0 Å². The van der Waals surface area contributed by atoms with Crippen molar-refractivity contribution in [3.05, 3.63) is 65.7 Å². The van der Waals surface area contributed by atoms with Gasteiger partial charge in [0.05, 0.1) is 4.90 Å². The summed E-state index contributed by atoms with van der Waals surface area (Å²) in [4.78, 5) is 11.7. The molecule has 5 heteroatoms. The lowest BCUT2D eigenvalue weighted by molar-refractivity contribution is 0.101. The lowest BCUT2D eigenvalue weighted by atomic mass is 9.94. The summed E-state index contributed by atoms with van der Waals surface area (Å²) in [5.41, 5.74) is 1.84. The van der Waals surface area contributed by atoms with Crippen LogP contribution in [0.1, 0.15) is 42.1 Å². The zero-order valence-electron chi connectivity index (χ0n) is 14.3. The van der Waals surface area contributed by atoms with Crippen molar-refractivity contribution >= 4 is 15.8 Å². The predicted molar refractivity (Wildman–Crippen MR) is 98.0 cm³/mol. The SMILES string of the molecule is CC(=O)c1ccc(C[C@@H]2CCC[C@H]2NS(=O)(=O)c2ccccc2)cc1. The smallest absolute Gasteiger partial charge is 0.240 e. The second kappa shape index (κ2) is 7.50. The van der Waals surface area contributed by atoms with Crippen LogP contribution in [0.15, 0.2) is 59.5 Å². The minimum atomic E-state index is -3.48. The summed E-state index contributed by atoms with van der Waals surface area (Å²) in [7, 11) is -3.48. The van der Waals surface area contributed by atoms with Gasteiger partial charge in [0.2, 0.25) is 10.0 Å². The Hall–Kier alpha value is -1.98. The molecule has 0 saturated heterocycles. The fourth-order valence-electron chi connectivity index (χ4n) is 3.48. The average Bonchev–Trinajstić information content (AvgIpc) is 3.02. The van der Waals surface area contributed by atoms with Gasteiger partial charge in [0, 0.05) is 11.6 Å². The third-order valence-electron chi connectivity index (χ3n) is 4.88. The van der Waals surface area contributed by atoms with E-state index in [-0.39, 0.29) is 17.7 Å². The monoisotopic (exact) mass is 357 g/mol. The lowest BCUT2D eigenvalue weighted by Crippen LogP contribution is -2.38. The van der Waals surface area contributed by atoms with Gasteiger partial charge in [-0.05, 0) is 49.8 Å². The lowest BCUT2D eigenvalue weighted by Gasteiger charge is -2.21. The molecule has 1 aliphatic rings. The molecule has 0 aliphatic heterocycles. The first kappa shape index (κ1) is 17.8. The number of hydrogen-bond donors (Lipinski definition) is 1. The normalized spacial score (nSPS) is 20.5. The Morgan fingerprint density at radius 1 is 1.04 bits per heavy atom. The first-order valence-corrected chi connectivity index (χ1v) is 10.1. The molecule has 0 unspecified atom stereocenters. The highest BCUT2D eigenvalue weighted by Crippen LogP contribution is 2.30. The molecule has 1 aliphatic carbocycles. The summed E-state index contributed by atoms with van der Waals surface area (Å²) in [5.74, 6) is 0.336. The molecule has 0 amide bonds. The van der Waals surface area contributed by atoms with Crippen LogP contribution in [-0.2, 0) is 16.4 Å². The highest BCUT2D eigenvalue weighted by molar-refractivity contribution is 7.89. The maximum Gasteiger partial charge on any atom is 0.240 e. The van der Waals surface area contributed by atoms with E-state index in [1.54, 1.807) is 31.2 Å². The van der Waals surface area contributed by atoms with Gasteiger partial charge in [0.25, 0.3) is 0 Å². The number of carbonyl (C=O) groups is 1. The number of nitrogens with one attached hydrogen (secondary N) is 1. The number of sulfonamides is 1. The van der Waals surface area contributed by atoms with Crippen molar-refractivity contribution in [3.63, 3.8) is 0 Å². The van der Waals surface area contributed by atoms with Crippen molar-refractivity contribution in [3.8, 4) is 0 Å². The number of benzene rings is 2. The van der Waals surface area contributed by atoms with Crippen LogP contribution in [0.3, 0.4) is 0 Å². The Morgan fingerprint density at radius 3 is 2.36 bits per heavy atom. The van der Waals surface area contributed by atoms with Crippen LogP contribution in [0.25, 0.3) is 0 Å². The molecule has 2 aromatic rings. The van der Waals surface area contributed by atoms with Gasteiger partial charge in [-0.3, -0.25) is 4.79 Å². The van der Waals surface area contributed by atoms with Crippen LogP contribution < -0.4 is 4.72 Å². The van der Waals surface area contributed by atoms with Crippen LogP contribution in [0.5, 0.6) is 0 Å². The highest BCUT2D eigenvalue weighted by atomic mass is 32.2. The van der Waals surface area contributed by atoms with Gasteiger partial charge in [-0.25, -0.2) is 13.1 Å². The molecule has 0 aromatic heterocycles. The third-order valence-corrected chi connectivity index (χ3v) is 6.38. The molecule has 4 nitrogen and oxygen atoms in total. The van der Waals surface area contributed by atoms with Gasteiger partial charge in [-0.2, -0.15) is 0 Å². The molecule has 25 heavy (non-hydrogen) atoms. The molecule has 0 bridgehead atoms. The predicted octanol–water partition coefficient (Wildman–Crippen LogP) is 3.58. The van der Waals surface area contributed by atoms with Gasteiger partial charge in [0.1, 0.15) is 0 Å². The van der Waals surface area contributed by atoms with E-state index in [2.05, 4.69) is 4.72 Å². The fourth-order valence-corrected chi connectivity index (χ4v) is 4.84. The zero-order valence-corrected chi connectivity index (χ0v) is 15.1. The summed E-state index contributed by atoms with van der Waals surface area (Å²) in [6, 6.07) is 16.1. The standard InChI is InChI=1S/C20H23NO3S/c1-15(22)17-12-10-16(11-13-17)14-18-6-5-9-20(18)21-25(23,24)19-7-3-2-4-8-19/h2-4,7-8,10-13,18,20-21H,5-6,9,14H2,1H3/t18-,20+/m0/s1. The first-order valence-electron chi connectivity index (χ1n) is 8.63. The molecule has 0 spiro atoms. The summed E-state index contributed by atoms with van der Waals surface area (Å²) in [6.07, 6.45) is 3.72. The second-order valence-corrected chi connectivity index (χ2v) is 8.40. The van der Waals surface area contributed by atoms with Gasteiger partial charge in [-0.1, -0.05) is 48.9 Å². The maximum absolute atomic E-state index is 12.6. The number of ketones is 1. The molecule has 0 heterocycles. The summed E-state index contributed by atoms with van der Waals surface area (Å²) >= 11 is 0. The largest absolute Gasteiger partial charge is 0.295 e. The van der Waals surface area contributed by atoms with Crippen LogP contribution in [0.4, 0.5) is 0 Å². The van der Waals surface area contributed by atoms with E-state index >= 15 is 0 Å². The van der Waals surface area contributed by atoms with E-state index in [1.807, 2.05) is 30.3 Å². The minimum Gasteiger partial charge on any atom is -0.295 e. The molecule has 0 radical (unpaired) electrons. The Bertz CT molecular complexity index is 829. The van der Waals surface area contributed by atoms with E-state index in [0.29, 0.717) is 10.5 Å². The quantitative estimate of drug-likeness (QED) is 0.804. The Labute approximate surface area is 149 Å². The summed E-state index contributed by atoms with van der Waals surface area (Å²) in [5, 5.41) is 0. The Morgan fingerprint density at radius 2 is 1.72 bits per heavy atom. The fraction of sp³-hybridized carbons (Fsp3) is 0.350. The summed E-state index contributed by atoms with van der Waals surface area (Å²) in [6.45, 7) is 1.56. The van der Waals surface area contributed by atoms with Crippen molar-refractivity contribution in [2.75, 3.05) is 0 Å². The van der Waals surface area contributed by atoms with Crippen LogP contribution in [-0.4, -0.2) is 20.2 Å². The summed E-state index contributed by atoms with van der Waals surface area (Å²) < 4.78 is 28.0. The molecule has 1 N–H and O–H groups in total. The first-order chi connectivity index (χ1) is 12.0. The van der Waals surface area contributed by atoms with E-state index in [0.717, 1.165) is 31.2 Å². The number of rotatable bonds is 6. The highest BCUT2D eigenvalue weighted by Gasteiger charge is 2.31. The molecule has 1 saturated carbocycles. The maximum atomic E-state index is 12.6. The molecule has 132 valence electrons. The molecule has 2 aromatic carbocycles. The molecule has 2 atom stereocenters. The Kier molecular flexibility index (Phi) is 5.35. The van der Waals surface area contributed by atoms with E-state index in [4.69, 9.17) is 0 Å². The van der Waals surface area contributed by atoms with E-state index in [9.17, 15) is 13.2 Å². The number of carbonyl (C=O) groups excluding carboxylic acids is 1. The topological polar surface area (TPSA) is 63.2 Å². The Balaban J connectivity index is 1.69. The van der Waals surface area contributed by atoms with Crippen molar-refractivity contribution < 1.29 is 13.2 Å². The number of Topliss-reactive ketones (excluding diaryl/α,β-unsaturated/α-hetero) is 1. The van der Waals surface area contributed by atoms with Crippen LogP contribution >= 0.6 is 0 Å².